The van der Waals surface area contributed by atoms with Crippen LogP contribution in [0.2, 0.25) is 0 Å². The fourth-order valence-corrected chi connectivity index (χ4v) is 5.74. The molecule has 2 N–H and O–H groups in total. The molecule has 0 aliphatic heterocycles. The molecule has 8 heteroatoms. The molecule has 1 unspecified atom stereocenters. The van der Waals surface area contributed by atoms with Crippen LogP contribution in [-0.4, -0.2) is 38.5 Å². The fourth-order valence-electron chi connectivity index (χ4n) is 3.92. The Hall–Kier alpha value is -3.03. The van der Waals surface area contributed by atoms with Crippen LogP contribution in [0.25, 0.3) is 0 Å². The van der Waals surface area contributed by atoms with Crippen LogP contribution in [0.5, 0.6) is 0 Å². The van der Waals surface area contributed by atoms with Gasteiger partial charge in [-0.15, -0.1) is 11.6 Å². The normalized spacial score (nSPS) is 12.2. The van der Waals surface area contributed by atoms with Gasteiger partial charge in [-0.3, -0.25) is 4.31 Å². The molecule has 0 radical (unpaired) electrons. The van der Waals surface area contributed by atoms with Crippen LogP contribution in [0.3, 0.4) is 0 Å². The van der Waals surface area contributed by atoms with Gasteiger partial charge < -0.3 is 10.4 Å². The summed E-state index contributed by atoms with van der Waals surface area (Å²) in [5.41, 5.74) is 2.16. The molecule has 0 aliphatic rings. The number of sulfonamides is 1. The zero-order valence-corrected chi connectivity index (χ0v) is 21.3. The number of halogens is 1. The van der Waals surface area contributed by atoms with Crippen molar-refractivity contribution in [3.63, 3.8) is 0 Å². The number of benzene rings is 3. The van der Waals surface area contributed by atoms with E-state index >= 15 is 0 Å². The van der Waals surface area contributed by atoms with E-state index in [2.05, 4.69) is 5.32 Å². The van der Waals surface area contributed by atoms with Gasteiger partial charge in [-0.2, -0.15) is 0 Å². The molecule has 0 amide bonds. The Bertz CT molecular complexity index is 1220. The zero-order valence-electron chi connectivity index (χ0n) is 19.7. The van der Waals surface area contributed by atoms with E-state index < -0.39 is 16.0 Å². The number of carboxylic acid groups (broad SMARTS) is 1. The van der Waals surface area contributed by atoms with Crippen LogP contribution in [-0.2, 0) is 10.0 Å². The third kappa shape index (κ3) is 6.77. The Morgan fingerprint density at radius 2 is 1.74 bits per heavy atom. The first-order valence-electron chi connectivity index (χ1n) is 11.7. The first kappa shape index (κ1) is 26.6. The Kier molecular flexibility index (Phi) is 9.57. The molecule has 0 heterocycles. The highest BCUT2D eigenvalue weighted by Gasteiger charge is 2.25. The summed E-state index contributed by atoms with van der Waals surface area (Å²) >= 11 is 6.08. The first-order valence-corrected chi connectivity index (χ1v) is 13.7. The Morgan fingerprint density at radius 3 is 2.43 bits per heavy atom. The number of carbonyl (C=O) groups is 1. The molecule has 3 aromatic carbocycles. The van der Waals surface area contributed by atoms with Gasteiger partial charge in [0.1, 0.15) is 0 Å². The van der Waals surface area contributed by atoms with Gasteiger partial charge in [0.25, 0.3) is 10.0 Å². The van der Waals surface area contributed by atoms with E-state index in [1.54, 1.807) is 54.6 Å². The molecule has 0 saturated heterocycles. The number of para-hydroxylation sites is 2. The van der Waals surface area contributed by atoms with Crippen LogP contribution in [0, 0.1) is 0 Å². The summed E-state index contributed by atoms with van der Waals surface area (Å²) in [5, 5.41) is 12.7. The van der Waals surface area contributed by atoms with Gasteiger partial charge in [0, 0.05) is 30.6 Å². The van der Waals surface area contributed by atoms with E-state index in [-0.39, 0.29) is 16.4 Å². The van der Waals surface area contributed by atoms with E-state index in [1.165, 1.54) is 4.31 Å². The standard InChI is InChI=1S/C27H31ClN2O4S/c1-2-3-18-30(23-11-5-4-6-12-23)35(33,34)24-13-9-10-21(19-24)22(16-17-28)20-29-26-15-8-7-14-25(26)27(31)32/h4-15,19,22,29H,2-3,16-18,20H2,1H3,(H,31,32). The molecule has 0 saturated carbocycles. The third-order valence-electron chi connectivity index (χ3n) is 5.83. The van der Waals surface area contributed by atoms with Crippen LogP contribution in [0.1, 0.15) is 48.0 Å². The number of alkyl halides is 1. The van der Waals surface area contributed by atoms with Crippen molar-refractivity contribution in [1.82, 2.24) is 0 Å². The summed E-state index contributed by atoms with van der Waals surface area (Å²) in [5.74, 6) is -0.732. The van der Waals surface area contributed by atoms with Gasteiger partial charge in [0.05, 0.1) is 16.1 Å². The minimum Gasteiger partial charge on any atom is -0.478 e. The average molecular weight is 515 g/mol. The Morgan fingerprint density at radius 1 is 1.03 bits per heavy atom. The number of rotatable bonds is 13. The highest BCUT2D eigenvalue weighted by Crippen LogP contribution is 2.28. The van der Waals surface area contributed by atoms with Crippen LogP contribution >= 0.6 is 11.6 Å². The second-order valence-electron chi connectivity index (χ2n) is 8.24. The summed E-state index contributed by atoms with van der Waals surface area (Å²) in [4.78, 5) is 11.8. The van der Waals surface area contributed by atoms with E-state index in [4.69, 9.17) is 11.6 Å². The summed E-state index contributed by atoms with van der Waals surface area (Å²) in [6.07, 6.45) is 2.22. The summed E-state index contributed by atoms with van der Waals surface area (Å²) in [6.45, 7) is 2.84. The zero-order chi connectivity index (χ0) is 25.3. The van der Waals surface area contributed by atoms with Gasteiger partial charge in [0.15, 0.2) is 0 Å². The van der Waals surface area contributed by atoms with Crippen molar-refractivity contribution in [3.05, 3.63) is 90.0 Å². The van der Waals surface area contributed by atoms with Crippen LogP contribution < -0.4 is 9.62 Å². The second-order valence-corrected chi connectivity index (χ2v) is 10.5. The van der Waals surface area contributed by atoms with Crippen LogP contribution in [0.4, 0.5) is 11.4 Å². The van der Waals surface area contributed by atoms with Crippen molar-refractivity contribution >= 4 is 39.0 Å². The highest BCUT2D eigenvalue weighted by atomic mass is 35.5. The fraction of sp³-hybridized carbons (Fsp3) is 0.296. The molecule has 3 rings (SSSR count). The topological polar surface area (TPSA) is 86.7 Å². The van der Waals surface area contributed by atoms with Crippen molar-refractivity contribution in [2.45, 2.75) is 37.0 Å². The molecule has 35 heavy (non-hydrogen) atoms. The lowest BCUT2D eigenvalue weighted by atomic mass is 9.96. The molecular weight excluding hydrogens is 484 g/mol. The van der Waals surface area contributed by atoms with Crippen molar-refractivity contribution in [2.75, 3.05) is 28.6 Å². The van der Waals surface area contributed by atoms with Crippen LogP contribution in [0.15, 0.2) is 83.8 Å². The van der Waals surface area contributed by atoms with Gasteiger partial charge in [-0.05, 0) is 54.8 Å². The van der Waals surface area contributed by atoms with E-state index in [9.17, 15) is 18.3 Å². The Labute approximate surface area is 212 Å². The quantitative estimate of drug-likeness (QED) is 0.265. The predicted molar refractivity (Wildman–Crippen MR) is 142 cm³/mol. The Balaban J connectivity index is 1.90. The third-order valence-corrected chi connectivity index (χ3v) is 7.87. The average Bonchev–Trinajstić information content (AvgIpc) is 2.87. The first-order chi connectivity index (χ1) is 16.9. The summed E-state index contributed by atoms with van der Waals surface area (Å²) in [7, 11) is -3.78. The number of unbranched alkanes of at least 4 members (excludes halogenated alkanes) is 1. The lowest BCUT2D eigenvalue weighted by Gasteiger charge is -2.25. The summed E-state index contributed by atoms with van der Waals surface area (Å²) in [6, 6.07) is 22.8. The molecule has 0 aliphatic carbocycles. The molecular formula is C27H31ClN2O4S. The number of hydrogen-bond acceptors (Lipinski definition) is 4. The minimum absolute atomic E-state index is 0.106. The van der Waals surface area contributed by atoms with Crippen molar-refractivity contribution in [2.24, 2.45) is 0 Å². The minimum atomic E-state index is -3.78. The van der Waals surface area contributed by atoms with Crippen molar-refractivity contribution in [3.8, 4) is 0 Å². The number of aromatic carboxylic acids is 1. The smallest absolute Gasteiger partial charge is 0.337 e. The molecule has 0 spiro atoms. The lowest BCUT2D eigenvalue weighted by Crippen LogP contribution is -2.32. The number of anilines is 2. The maximum atomic E-state index is 13.7. The monoisotopic (exact) mass is 514 g/mol. The maximum Gasteiger partial charge on any atom is 0.337 e. The summed E-state index contributed by atoms with van der Waals surface area (Å²) < 4.78 is 28.8. The molecule has 186 valence electrons. The lowest BCUT2D eigenvalue weighted by molar-refractivity contribution is 0.0698. The number of hydrogen-bond donors (Lipinski definition) is 2. The highest BCUT2D eigenvalue weighted by molar-refractivity contribution is 7.92. The van der Waals surface area contributed by atoms with E-state index in [0.29, 0.717) is 36.8 Å². The predicted octanol–water partition coefficient (Wildman–Crippen LogP) is 6.20. The van der Waals surface area contributed by atoms with Crippen molar-refractivity contribution in [1.29, 1.82) is 0 Å². The number of nitrogens with one attached hydrogen (secondary N) is 1. The molecule has 3 aromatic rings. The SMILES string of the molecule is CCCCN(c1ccccc1)S(=O)(=O)c1cccc(C(CCCl)CNc2ccccc2C(=O)O)c1. The van der Waals surface area contributed by atoms with Crippen molar-refractivity contribution < 1.29 is 18.3 Å². The maximum absolute atomic E-state index is 13.7. The van der Waals surface area contributed by atoms with Gasteiger partial charge in [0.2, 0.25) is 0 Å². The van der Waals surface area contributed by atoms with E-state index in [0.717, 1.165) is 18.4 Å². The molecule has 0 aromatic heterocycles. The largest absolute Gasteiger partial charge is 0.478 e. The van der Waals surface area contributed by atoms with Gasteiger partial charge >= 0.3 is 5.97 Å². The molecule has 0 fully saturated rings. The molecule has 6 nitrogen and oxygen atoms in total. The van der Waals surface area contributed by atoms with E-state index in [1.807, 2.05) is 31.2 Å². The number of nitrogens with zero attached hydrogens (tertiary/aromatic N) is 1. The second kappa shape index (κ2) is 12.6. The van der Waals surface area contributed by atoms with Gasteiger partial charge in [-0.1, -0.05) is 55.8 Å². The molecule has 1 atom stereocenters. The van der Waals surface area contributed by atoms with Gasteiger partial charge in [-0.25, -0.2) is 13.2 Å². The molecule has 0 bridgehead atoms. The number of carboxylic acids is 1.